The largest absolute Gasteiger partial charge is 0.378 e. The molecule has 1 atom stereocenters. The summed E-state index contributed by atoms with van der Waals surface area (Å²) in [7, 11) is -3.59. The number of carbonyl (C=O) groups excluding carboxylic acids is 1. The number of nitrogens with zero attached hydrogens (tertiary/aromatic N) is 6. The number of likely N-dealkylation sites (tertiary alicyclic amines) is 1. The summed E-state index contributed by atoms with van der Waals surface area (Å²) in [6.07, 6.45) is 4.76. The number of fused-ring (bicyclic) bond motifs is 1. The Hall–Kier alpha value is -3.09. The smallest absolute Gasteiger partial charge is 0.256 e. The van der Waals surface area contributed by atoms with Gasteiger partial charge in [0.25, 0.3) is 5.91 Å². The van der Waals surface area contributed by atoms with Crippen LogP contribution in [-0.2, 0) is 14.8 Å². The van der Waals surface area contributed by atoms with Crippen LogP contribution in [0.5, 0.6) is 0 Å². The van der Waals surface area contributed by atoms with Crippen molar-refractivity contribution in [2.45, 2.75) is 31.7 Å². The van der Waals surface area contributed by atoms with E-state index in [0.29, 0.717) is 24.8 Å². The summed E-state index contributed by atoms with van der Waals surface area (Å²) in [5.74, 6) is 1.63. The predicted molar refractivity (Wildman–Crippen MR) is 150 cm³/mol. The number of carbonyl (C=O) groups is 1. The van der Waals surface area contributed by atoms with Crippen molar-refractivity contribution in [3.05, 3.63) is 46.6 Å². The second-order valence-corrected chi connectivity index (χ2v) is 12.5. The Morgan fingerprint density at radius 1 is 1.03 bits per heavy atom. The number of morpholine rings is 1. The van der Waals surface area contributed by atoms with E-state index in [2.05, 4.69) is 20.6 Å². The van der Waals surface area contributed by atoms with Crippen LogP contribution in [0.2, 0.25) is 5.02 Å². The van der Waals surface area contributed by atoms with E-state index in [9.17, 15) is 13.2 Å². The molecule has 5 heterocycles. The highest BCUT2D eigenvalue weighted by Crippen LogP contribution is 2.35. The number of ether oxygens (including phenoxy) is 1. The van der Waals surface area contributed by atoms with E-state index in [1.54, 1.807) is 11.0 Å². The van der Waals surface area contributed by atoms with Crippen LogP contribution >= 0.6 is 11.6 Å². The Kier molecular flexibility index (Phi) is 7.02. The molecule has 11 nitrogen and oxygen atoms in total. The number of nitrogens with one attached hydrogen (secondary N) is 1. The molecule has 39 heavy (non-hydrogen) atoms. The quantitative estimate of drug-likeness (QED) is 0.478. The van der Waals surface area contributed by atoms with Crippen molar-refractivity contribution < 1.29 is 17.9 Å². The number of aromatic nitrogens is 3. The normalized spacial score (nSPS) is 20.3. The highest BCUT2D eigenvalue weighted by atomic mass is 35.5. The molecular formula is C26H32ClN7O4S. The maximum atomic E-state index is 13.9. The number of hydrogen-bond acceptors (Lipinski definition) is 8. The minimum atomic E-state index is -3.59. The molecule has 3 saturated heterocycles. The van der Waals surface area contributed by atoms with Crippen molar-refractivity contribution in [1.29, 1.82) is 0 Å². The molecule has 0 radical (unpaired) electrons. The van der Waals surface area contributed by atoms with Crippen LogP contribution in [0.15, 0.2) is 30.3 Å². The van der Waals surface area contributed by atoms with Gasteiger partial charge in [-0.25, -0.2) is 13.4 Å². The Morgan fingerprint density at radius 3 is 2.54 bits per heavy atom. The van der Waals surface area contributed by atoms with E-state index < -0.39 is 10.0 Å². The van der Waals surface area contributed by atoms with Gasteiger partial charge in [0.05, 0.1) is 42.5 Å². The number of amides is 1. The molecule has 0 saturated carbocycles. The molecule has 3 aliphatic rings. The lowest BCUT2D eigenvalue weighted by molar-refractivity contribution is 0.0607. The van der Waals surface area contributed by atoms with Crippen molar-refractivity contribution in [1.82, 2.24) is 19.5 Å². The van der Waals surface area contributed by atoms with Crippen molar-refractivity contribution in [3.8, 4) is 0 Å². The van der Waals surface area contributed by atoms with Crippen LogP contribution in [-0.4, -0.2) is 86.0 Å². The van der Waals surface area contributed by atoms with Gasteiger partial charge in [-0.2, -0.15) is 9.61 Å². The molecule has 3 aromatic rings. The first-order chi connectivity index (χ1) is 18.8. The van der Waals surface area contributed by atoms with E-state index in [-0.39, 0.29) is 23.2 Å². The fourth-order valence-electron chi connectivity index (χ4n) is 5.47. The zero-order chi connectivity index (χ0) is 27.1. The zero-order valence-corrected chi connectivity index (χ0v) is 23.4. The predicted octanol–water partition coefficient (Wildman–Crippen LogP) is 3.17. The van der Waals surface area contributed by atoms with Crippen LogP contribution < -0.4 is 14.5 Å². The first kappa shape index (κ1) is 26.1. The van der Waals surface area contributed by atoms with Crippen LogP contribution in [0.25, 0.3) is 5.65 Å². The molecule has 0 aliphatic carbocycles. The van der Waals surface area contributed by atoms with E-state index in [0.717, 1.165) is 81.1 Å². The zero-order valence-electron chi connectivity index (χ0n) is 21.8. The lowest BCUT2D eigenvalue weighted by Crippen LogP contribution is -2.40. The van der Waals surface area contributed by atoms with Gasteiger partial charge in [-0.1, -0.05) is 11.6 Å². The van der Waals surface area contributed by atoms with E-state index >= 15 is 0 Å². The van der Waals surface area contributed by atoms with Gasteiger partial charge >= 0.3 is 0 Å². The third kappa shape index (κ3) is 5.37. The van der Waals surface area contributed by atoms with Gasteiger partial charge in [0.2, 0.25) is 10.0 Å². The van der Waals surface area contributed by atoms with Gasteiger partial charge in [0.1, 0.15) is 11.6 Å². The fourth-order valence-corrected chi connectivity index (χ4v) is 6.22. The average Bonchev–Trinajstić information content (AvgIpc) is 3.32. The molecule has 3 aliphatic heterocycles. The number of halogens is 1. The van der Waals surface area contributed by atoms with Crippen molar-refractivity contribution in [2.75, 3.05) is 66.7 Å². The monoisotopic (exact) mass is 573 g/mol. The Morgan fingerprint density at radius 2 is 1.82 bits per heavy atom. The highest BCUT2D eigenvalue weighted by molar-refractivity contribution is 7.92. The fraction of sp³-hybridized carbons (Fsp3) is 0.500. The maximum absolute atomic E-state index is 13.9. The lowest BCUT2D eigenvalue weighted by atomic mass is 9.98. The first-order valence-corrected chi connectivity index (χ1v) is 15.6. The molecular weight excluding hydrogens is 542 g/mol. The molecule has 2 aromatic heterocycles. The molecule has 1 unspecified atom stereocenters. The summed E-state index contributed by atoms with van der Waals surface area (Å²) in [5, 5.41) is 5.36. The average molecular weight is 574 g/mol. The topological polar surface area (TPSA) is 112 Å². The molecule has 6 rings (SSSR count). The van der Waals surface area contributed by atoms with Gasteiger partial charge in [0.15, 0.2) is 5.65 Å². The standard InChI is InChI=1S/C26H32ClN7O4S/c1-39(36,37)30-20-7-6-18(27)15-19(20)26(35)33-10-3-2-5-22(33)21-16-24-28-23(31-8-4-9-31)17-25(34(24)29-21)32-11-13-38-14-12-32/h6-7,15-17,22,30H,2-5,8-14H2,1H3. The van der Waals surface area contributed by atoms with Gasteiger partial charge in [0, 0.05) is 49.9 Å². The summed E-state index contributed by atoms with van der Waals surface area (Å²) in [6, 6.07) is 8.42. The Bertz CT molecular complexity index is 1500. The number of sulfonamides is 1. The molecule has 208 valence electrons. The second kappa shape index (κ2) is 10.5. The molecule has 1 N–H and O–H groups in total. The maximum Gasteiger partial charge on any atom is 0.256 e. The van der Waals surface area contributed by atoms with Gasteiger partial charge in [-0.3, -0.25) is 9.52 Å². The molecule has 0 bridgehead atoms. The Balaban J connectivity index is 1.38. The first-order valence-electron chi connectivity index (χ1n) is 13.3. The summed E-state index contributed by atoms with van der Waals surface area (Å²) in [5.41, 5.74) is 1.94. The molecule has 3 fully saturated rings. The van der Waals surface area contributed by atoms with Crippen LogP contribution in [0, 0.1) is 0 Å². The summed E-state index contributed by atoms with van der Waals surface area (Å²) in [6.45, 7) is 5.36. The van der Waals surface area contributed by atoms with Gasteiger partial charge in [-0.05, 0) is 43.9 Å². The summed E-state index contributed by atoms with van der Waals surface area (Å²) in [4.78, 5) is 25.2. The van der Waals surface area contributed by atoms with E-state index in [4.69, 9.17) is 26.4 Å². The summed E-state index contributed by atoms with van der Waals surface area (Å²) >= 11 is 6.24. The number of piperidine rings is 1. The number of benzene rings is 1. The minimum absolute atomic E-state index is 0.210. The van der Waals surface area contributed by atoms with Gasteiger partial charge < -0.3 is 19.4 Å². The number of hydrogen-bond donors (Lipinski definition) is 1. The molecule has 1 aromatic carbocycles. The third-order valence-corrected chi connectivity index (χ3v) is 8.37. The van der Waals surface area contributed by atoms with E-state index in [1.165, 1.54) is 12.1 Å². The van der Waals surface area contributed by atoms with Crippen LogP contribution in [0.4, 0.5) is 17.3 Å². The minimum Gasteiger partial charge on any atom is -0.378 e. The second-order valence-electron chi connectivity index (χ2n) is 10.3. The van der Waals surface area contributed by atoms with Crippen molar-refractivity contribution >= 4 is 50.5 Å². The summed E-state index contributed by atoms with van der Waals surface area (Å²) < 4.78 is 33.9. The van der Waals surface area contributed by atoms with Crippen molar-refractivity contribution in [2.24, 2.45) is 0 Å². The molecule has 0 spiro atoms. The third-order valence-electron chi connectivity index (χ3n) is 7.54. The molecule has 1 amide bonds. The van der Waals surface area contributed by atoms with Gasteiger partial charge in [-0.15, -0.1) is 0 Å². The van der Waals surface area contributed by atoms with Crippen LogP contribution in [0.1, 0.15) is 47.8 Å². The van der Waals surface area contributed by atoms with Crippen LogP contribution in [0.3, 0.4) is 0 Å². The number of anilines is 3. The lowest BCUT2D eigenvalue weighted by Gasteiger charge is -2.35. The van der Waals surface area contributed by atoms with Crippen molar-refractivity contribution in [3.63, 3.8) is 0 Å². The highest BCUT2D eigenvalue weighted by Gasteiger charge is 2.33. The Labute approximate surface area is 232 Å². The number of rotatable bonds is 6. The van der Waals surface area contributed by atoms with E-state index in [1.807, 2.05) is 10.6 Å². The SMILES string of the molecule is CS(=O)(=O)Nc1ccc(Cl)cc1C(=O)N1CCCCC1c1cc2nc(N3CCC3)cc(N3CCOCC3)n2n1. The molecule has 13 heteroatoms.